The van der Waals surface area contributed by atoms with Gasteiger partial charge >= 0.3 is 6.18 Å². The molecule has 2 aromatic carbocycles. The second-order valence-corrected chi connectivity index (χ2v) is 6.73. The van der Waals surface area contributed by atoms with Crippen LogP contribution in [0, 0.1) is 0 Å². The Bertz CT molecular complexity index is 942. The van der Waals surface area contributed by atoms with Crippen LogP contribution in [0.4, 0.5) is 19.1 Å². The van der Waals surface area contributed by atoms with Crippen LogP contribution in [0.15, 0.2) is 54.7 Å². The molecule has 4 nitrogen and oxygen atoms in total. The van der Waals surface area contributed by atoms with Gasteiger partial charge < -0.3 is 10.2 Å². The highest BCUT2D eigenvalue weighted by molar-refractivity contribution is 5.86. The van der Waals surface area contributed by atoms with Gasteiger partial charge in [-0.3, -0.25) is 0 Å². The summed E-state index contributed by atoms with van der Waals surface area (Å²) in [7, 11) is 0. The smallest absolute Gasteiger partial charge is 0.339 e. The fraction of sp³-hybridized carbons (Fsp3) is 0.300. The number of benzene rings is 2. The van der Waals surface area contributed by atoms with E-state index in [-0.39, 0.29) is 6.04 Å². The Morgan fingerprint density at radius 1 is 1.07 bits per heavy atom. The Morgan fingerprint density at radius 2 is 1.89 bits per heavy atom. The van der Waals surface area contributed by atoms with Crippen molar-refractivity contribution in [3.05, 3.63) is 54.7 Å². The fourth-order valence-electron chi connectivity index (χ4n) is 3.38. The zero-order chi connectivity index (χ0) is 18.9. The molecule has 2 heterocycles. The first-order valence-electron chi connectivity index (χ1n) is 8.85. The monoisotopic (exact) mass is 372 g/mol. The van der Waals surface area contributed by atoms with E-state index in [1.54, 1.807) is 6.20 Å². The second kappa shape index (κ2) is 7.15. The van der Waals surface area contributed by atoms with Gasteiger partial charge in [0.2, 0.25) is 5.95 Å². The maximum absolute atomic E-state index is 12.4. The number of rotatable bonds is 4. The second-order valence-electron chi connectivity index (χ2n) is 6.73. The summed E-state index contributed by atoms with van der Waals surface area (Å²) in [6, 6.07) is 15.9. The van der Waals surface area contributed by atoms with Crippen LogP contribution in [0.3, 0.4) is 0 Å². The first-order chi connectivity index (χ1) is 13.0. The minimum atomic E-state index is -4.19. The van der Waals surface area contributed by atoms with Crippen LogP contribution in [0.5, 0.6) is 0 Å². The maximum atomic E-state index is 12.4. The number of fused-ring (bicyclic) bond motifs is 1. The van der Waals surface area contributed by atoms with Crippen molar-refractivity contribution >= 4 is 16.7 Å². The third kappa shape index (κ3) is 4.19. The van der Waals surface area contributed by atoms with Crippen molar-refractivity contribution < 1.29 is 13.2 Å². The van der Waals surface area contributed by atoms with Gasteiger partial charge in [0.05, 0.1) is 12.2 Å². The molecule has 3 aromatic rings. The lowest BCUT2D eigenvalue weighted by Gasteiger charge is -2.18. The third-order valence-corrected chi connectivity index (χ3v) is 4.75. The molecule has 27 heavy (non-hydrogen) atoms. The Hall–Kier alpha value is -2.67. The van der Waals surface area contributed by atoms with Gasteiger partial charge in [0.15, 0.2) is 0 Å². The fourth-order valence-corrected chi connectivity index (χ4v) is 3.38. The largest absolute Gasteiger partial charge is 0.401 e. The van der Waals surface area contributed by atoms with Crippen LogP contribution >= 0.6 is 0 Å². The van der Waals surface area contributed by atoms with Crippen molar-refractivity contribution in [2.45, 2.75) is 18.6 Å². The van der Waals surface area contributed by atoms with E-state index < -0.39 is 12.7 Å². The van der Waals surface area contributed by atoms with Gasteiger partial charge in [0.25, 0.3) is 0 Å². The molecule has 1 saturated heterocycles. The molecule has 140 valence electrons. The number of nitrogens with one attached hydrogen (secondary N) is 1. The molecule has 0 spiro atoms. The number of alkyl halides is 3. The highest BCUT2D eigenvalue weighted by Gasteiger charge is 2.31. The van der Waals surface area contributed by atoms with Gasteiger partial charge in [-0.25, -0.2) is 9.97 Å². The summed E-state index contributed by atoms with van der Waals surface area (Å²) in [5, 5.41) is 4.86. The van der Waals surface area contributed by atoms with Crippen LogP contribution in [0.1, 0.15) is 6.42 Å². The molecule has 0 aliphatic carbocycles. The summed E-state index contributed by atoms with van der Waals surface area (Å²) in [6.45, 7) is 0.136. The summed E-state index contributed by atoms with van der Waals surface area (Å²) in [6.07, 6.45) is -1.86. The number of hydrogen-bond acceptors (Lipinski definition) is 4. The van der Waals surface area contributed by atoms with Gasteiger partial charge in [-0.05, 0) is 29.3 Å². The molecular weight excluding hydrogens is 353 g/mol. The number of nitrogens with zero attached hydrogens (tertiary/aromatic N) is 3. The average Bonchev–Trinajstić information content (AvgIpc) is 3.15. The van der Waals surface area contributed by atoms with E-state index >= 15 is 0 Å². The molecule has 4 rings (SSSR count). The quantitative estimate of drug-likeness (QED) is 0.751. The number of hydrogen-bond donors (Lipinski definition) is 1. The lowest BCUT2D eigenvalue weighted by atomic mass is 10.1. The summed E-state index contributed by atoms with van der Waals surface area (Å²) < 4.78 is 37.1. The zero-order valence-electron chi connectivity index (χ0n) is 14.6. The molecule has 1 atom stereocenters. The van der Waals surface area contributed by atoms with E-state index in [2.05, 4.69) is 39.6 Å². The minimum Gasteiger partial charge on any atom is -0.339 e. The van der Waals surface area contributed by atoms with Crippen molar-refractivity contribution in [2.75, 3.05) is 24.5 Å². The lowest BCUT2D eigenvalue weighted by Crippen LogP contribution is -2.39. The zero-order valence-corrected chi connectivity index (χ0v) is 14.6. The SMILES string of the molecule is FC(F)(F)CNC1CCN(c2nccc(-c3ccc4ccccc4c3)n2)C1. The molecule has 1 unspecified atom stereocenters. The topological polar surface area (TPSA) is 41.0 Å². The molecular formula is C20H19F3N4. The van der Waals surface area contributed by atoms with Gasteiger partial charge in [0.1, 0.15) is 0 Å². The Kier molecular flexibility index (Phi) is 4.70. The lowest BCUT2D eigenvalue weighted by molar-refractivity contribution is -0.125. The normalized spacial score (nSPS) is 17.6. The predicted molar refractivity (Wildman–Crippen MR) is 99.6 cm³/mol. The summed E-state index contributed by atoms with van der Waals surface area (Å²) in [5.41, 5.74) is 1.79. The molecule has 1 fully saturated rings. The molecule has 1 aliphatic heterocycles. The molecule has 1 aromatic heterocycles. The number of halogens is 3. The molecule has 1 aliphatic rings. The highest BCUT2D eigenvalue weighted by Crippen LogP contribution is 2.25. The minimum absolute atomic E-state index is 0.209. The van der Waals surface area contributed by atoms with Crippen LogP contribution in [0.25, 0.3) is 22.0 Å². The molecule has 0 saturated carbocycles. The van der Waals surface area contributed by atoms with Crippen molar-refractivity contribution in [3.63, 3.8) is 0 Å². The maximum Gasteiger partial charge on any atom is 0.401 e. The Labute approximate surface area is 155 Å². The summed E-state index contributed by atoms with van der Waals surface area (Å²) >= 11 is 0. The van der Waals surface area contributed by atoms with E-state index in [4.69, 9.17) is 0 Å². The van der Waals surface area contributed by atoms with Crippen LogP contribution < -0.4 is 10.2 Å². The molecule has 0 amide bonds. The van der Waals surface area contributed by atoms with E-state index in [9.17, 15) is 13.2 Å². The van der Waals surface area contributed by atoms with Gasteiger partial charge in [-0.1, -0.05) is 36.4 Å². The van der Waals surface area contributed by atoms with Crippen molar-refractivity contribution in [1.82, 2.24) is 15.3 Å². The third-order valence-electron chi connectivity index (χ3n) is 4.75. The highest BCUT2D eigenvalue weighted by atomic mass is 19.4. The van der Waals surface area contributed by atoms with Crippen molar-refractivity contribution in [1.29, 1.82) is 0 Å². The first kappa shape index (κ1) is 17.7. The van der Waals surface area contributed by atoms with Gasteiger partial charge in [-0.2, -0.15) is 13.2 Å². The summed E-state index contributed by atoms with van der Waals surface area (Å²) in [5.74, 6) is 0.553. The predicted octanol–water partition coefficient (Wildman–Crippen LogP) is 4.03. The van der Waals surface area contributed by atoms with E-state index in [0.29, 0.717) is 25.5 Å². The van der Waals surface area contributed by atoms with E-state index in [1.165, 1.54) is 0 Å². The Balaban J connectivity index is 1.51. The van der Waals surface area contributed by atoms with Crippen molar-refractivity contribution in [2.24, 2.45) is 0 Å². The van der Waals surface area contributed by atoms with Crippen molar-refractivity contribution in [3.8, 4) is 11.3 Å². The summed E-state index contributed by atoms with van der Waals surface area (Å²) in [4.78, 5) is 10.9. The van der Waals surface area contributed by atoms with E-state index in [1.807, 2.05) is 29.2 Å². The average molecular weight is 372 g/mol. The van der Waals surface area contributed by atoms with Crippen LogP contribution in [0.2, 0.25) is 0 Å². The molecule has 1 N–H and O–H groups in total. The standard InChI is InChI=1S/C20H19F3N4/c21-20(22,23)13-25-17-8-10-27(12-17)19-24-9-7-18(26-19)16-6-5-14-3-1-2-4-15(14)11-16/h1-7,9,11,17,25H,8,10,12-13H2. The van der Waals surface area contributed by atoms with Crippen LogP contribution in [-0.4, -0.2) is 41.8 Å². The van der Waals surface area contributed by atoms with Gasteiger partial charge in [-0.15, -0.1) is 0 Å². The first-order valence-corrected chi connectivity index (χ1v) is 8.85. The van der Waals surface area contributed by atoms with E-state index in [0.717, 1.165) is 22.0 Å². The molecule has 7 heteroatoms. The van der Waals surface area contributed by atoms with Crippen LogP contribution in [-0.2, 0) is 0 Å². The van der Waals surface area contributed by atoms with Gasteiger partial charge in [0, 0.05) is 30.9 Å². The number of anilines is 1. The molecule has 0 bridgehead atoms. The molecule has 0 radical (unpaired) electrons. The Morgan fingerprint density at radius 3 is 2.70 bits per heavy atom. The number of aromatic nitrogens is 2.